The Labute approximate surface area is 167 Å². The van der Waals surface area contributed by atoms with Crippen LogP contribution in [0.1, 0.15) is 32.1 Å². The molecule has 0 unspecified atom stereocenters. The summed E-state index contributed by atoms with van der Waals surface area (Å²) < 4.78 is 7.19. The number of fused-ring (bicyclic) bond motifs is 1. The van der Waals surface area contributed by atoms with Gasteiger partial charge in [0.05, 0.1) is 21.6 Å². The van der Waals surface area contributed by atoms with E-state index in [2.05, 4.69) is 26.6 Å². The fraction of sp³-hybridized carbons (Fsp3) is 0.286. The van der Waals surface area contributed by atoms with Crippen molar-refractivity contribution in [2.75, 3.05) is 5.32 Å². The number of H-pyrrole nitrogens is 1. The van der Waals surface area contributed by atoms with E-state index in [9.17, 15) is 0 Å². The molecule has 0 atom stereocenters. The molecular formula is C21H21N5OS. The van der Waals surface area contributed by atoms with Gasteiger partial charge in [-0.2, -0.15) is 5.10 Å². The Balaban J connectivity index is 1.34. The minimum atomic E-state index is 0.558. The molecule has 2 N–H and O–H groups in total. The Hall–Kier alpha value is -2.93. The van der Waals surface area contributed by atoms with Crippen molar-refractivity contribution in [3.63, 3.8) is 0 Å². The predicted octanol–water partition coefficient (Wildman–Crippen LogP) is 5.62. The van der Waals surface area contributed by atoms with Gasteiger partial charge in [0, 0.05) is 30.6 Å². The second-order valence-corrected chi connectivity index (χ2v) is 8.11. The molecule has 1 aromatic carbocycles. The highest BCUT2D eigenvalue weighted by atomic mass is 32.1. The molecule has 0 amide bonds. The molecule has 3 aromatic heterocycles. The van der Waals surface area contributed by atoms with Crippen LogP contribution in [0.15, 0.2) is 48.8 Å². The first-order valence-corrected chi connectivity index (χ1v) is 10.5. The van der Waals surface area contributed by atoms with Crippen LogP contribution in [0, 0.1) is 0 Å². The van der Waals surface area contributed by atoms with E-state index < -0.39 is 0 Å². The number of hydrogen-bond donors (Lipinski definition) is 2. The summed E-state index contributed by atoms with van der Waals surface area (Å²) >= 11 is 1.69. The largest absolute Gasteiger partial charge is 0.457 e. The van der Waals surface area contributed by atoms with Gasteiger partial charge in [0.25, 0.3) is 0 Å². The van der Waals surface area contributed by atoms with E-state index in [4.69, 9.17) is 9.72 Å². The Morgan fingerprint density at radius 1 is 1.00 bits per heavy atom. The van der Waals surface area contributed by atoms with Crippen LogP contribution >= 0.6 is 11.3 Å². The monoisotopic (exact) mass is 391 g/mol. The topological polar surface area (TPSA) is 75.7 Å². The van der Waals surface area contributed by atoms with Crippen LogP contribution in [0.5, 0.6) is 11.5 Å². The van der Waals surface area contributed by atoms with Crippen molar-refractivity contribution in [3.8, 4) is 22.9 Å². The zero-order valence-electron chi connectivity index (χ0n) is 15.4. The molecule has 28 heavy (non-hydrogen) atoms. The van der Waals surface area contributed by atoms with Crippen LogP contribution in [-0.4, -0.2) is 26.2 Å². The number of thiazole rings is 1. The van der Waals surface area contributed by atoms with Crippen molar-refractivity contribution >= 4 is 26.7 Å². The smallest absolute Gasteiger partial charge is 0.184 e. The Morgan fingerprint density at radius 3 is 2.75 bits per heavy atom. The fourth-order valence-corrected chi connectivity index (χ4v) is 4.58. The van der Waals surface area contributed by atoms with Crippen LogP contribution < -0.4 is 10.1 Å². The summed E-state index contributed by atoms with van der Waals surface area (Å²) in [7, 11) is 0. The molecule has 1 aliphatic rings. The first-order chi connectivity index (χ1) is 13.8. The Kier molecular flexibility index (Phi) is 4.66. The van der Waals surface area contributed by atoms with Crippen molar-refractivity contribution in [2.45, 2.75) is 38.1 Å². The molecule has 5 rings (SSSR count). The molecule has 0 bridgehead atoms. The average Bonchev–Trinajstić information content (AvgIpc) is 3.38. The van der Waals surface area contributed by atoms with Gasteiger partial charge < -0.3 is 10.1 Å². The van der Waals surface area contributed by atoms with Crippen molar-refractivity contribution in [2.24, 2.45) is 0 Å². The first kappa shape index (κ1) is 17.2. The summed E-state index contributed by atoms with van der Waals surface area (Å²) in [6.07, 6.45) is 9.91. The number of nitrogens with one attached hydrogen (secondary N) is 2. The summed E-state index contributed by atoms with van der Waals surface area (Å²) in [6, 6.07) is 12.2. The van der Waals surface area contributed by atoms with Gasteiger partial charge in [-0.1, -0.05) is 30.6 Å². The molecule has 1 fully saturated rings. The number of ether oxygens (including phenoxy) is 1. The van der Waals surface area contributed by atoms with Crippen LogP contribution in [0.3, 0.4) is 0 Å². The number of benzene rings is 1. The summed E-state index contributed by atoms with van der Waals surface area (Å²) in [5, 5.41) is 11.5. The molecular weight excluding hydrogens is 370 g/mol. The molecule has 0 radical (unpaired) electrons. The van der Waals surface area contributed by atoms with Gasteiger partial charge in [-0.3, -0.25) is 10.1 Å². The molecule has 142 valence electrons. The molecule has 4 aromatic rings. The molecule has 1 aliphatic carbocycles. The SMILES string of the molecule is c1cc(-c2cc(Oc3ccc4nc(NC5CCCCC5)sc4c3)ccn2)[nH]n1. The van der Waals surface area contributed by atoms with Gasteiger partial charge >= 0.3 is 0 Å². The zero-order valence-corrected chi connectivity index (χ0v) is 16.2. The number of rotatable bonds is 5. The van der Waals surface area contributed by atoms with E-state index >= 15 is 0 Å². The van der Waals surface area contributed by atoms with Crippen molar-refractivity contribution < 1.29 is 4.74 Å². The van der Waals surface area contributed by atoms with Gasteiger partial charge in [0.2, 0.25) is 0 Å². The van der Waals surface area contributed by atoms with Crippen LogP contribution in [0.2, 0.25) is 0 Å². The number of pyridine rings is 1. The summed E-state index contributed by atoms with van der Waals surface area (Å²) in [5.74, 6) is 1.53. The number of hydrogen-bond acceptors (Lipinski definition) is 6. The lowest BCUT2D eigenvalue weighted by Crippen LogP contribution is -2.21. The molecule has 0 spiro atoms. The molecule has 0 aliphatic heterocycles. The van der Waals surface area contributed by atoms with Crippen molar-refractivity contribution in [3.05, 3.63) is 48.8 Å². The third kappa shape index (κ3) is 3.71. The maximum absolute atomic E-state index is 6.07. The normalized spacial score (nSPS) is 15.0. The summed E-state index contributed by atoms with van der Waals surface area (Å²) in [4.78, 5) is 9.10. The summed E-state index contributed by atoms with van der Waals surface area (Å²) in [5.41, 5.74) is 2.66. The van der Waals surface area contributed by atoms with Crippen molar-refractivity contribution in [1.82, 2.24) is 20.2 Å². The second kappa shape index (κ2) is 7.59. The van der Waals surface area contributed by atoms with E-state index in [1.54, 1.807) is 23.7 Å². The van der Waals surface area contributed by atoms with Gasteiger partial charge in [0.1, 0.15) is 11.5 Å². The lowest BCUT2D eigenvalue weighted by molar-refractivity contribution is 0.462. The molecule has 6 nitrogen and oxygen atoms in total. The molecule has 3 heterocycles. The van der Waals surface area contributed by atoms with E-state index in [-0.39, 0.29) is 0 Å². The number of anilines is 1. The number of nitrogens with zero attached hydrogens (tertiary/aromatic N) is 3. The van der Waals surface area contributed by atoms with Crippen LogP contribution in [-0.2, 0) is 0 Å². The van der Waals surface area contributed by atoms with Crippen LogP contribution in [0.25, 0.3) is 21.6 Å². The second-order valence-electron chi connectivity index (χ2n) is 7.08. The van der Waals surface area contributed by atoms with Gasteiger partial charge in [-0.25, -0.2) is 4.98 Å². The molecule has 0 saturated heterocycles. The Morgan fingerprint density at radius 2 is 1.89 bits per heavy atom. The van der Waals surface area contributed by atoms with Crippen molar-refractivity contribution in [1.29, 1.82) is 0 Å². The molecule has 7 heteroatoms. The standard InChI is InChI=1S/C21H21N5OS/c1-2-4-14(5-3-1)24-21-25-18-7-6-15(13-20(18)28-21)27-16-8-10-22-19(12-16)17-9-11-23-26-17/h6-14H,1-5H2,(H,23,26)(H,24,25). The maximum Gasteiger partial charge on any atom is 0.184 e. The molecule has 1 saturated carbocycles. The number of aromatic nitrogens is 4. The minimum Gasteiger partial charge on any atom is -0.457 e. The van der Waals surface area contributed by atoms with Gasteiger partial charge in [-0.15, -0.1) is 0 Å². The number of aromatic amines is 1. The highest BCUT2D eigenvalue weighted by Gasteiger charge is 2.15. The lowest BCUT2D eigenvalue weighted by Gasteiger charge is -2.22. The predicted molar refractivity (Wildman–Crippen MR) is 112 cm³/mol. The maximum atomic E-state index is 6.07. The third-order valence-electron chi connectivity index (χ3n) is 5.04. The Bertz CT molecular complexity index is 1070. The van der Waals surface area contributed by atoms with Gasteiger partial charge in [0.15, 0.2) is 5.13 Å². The lowest BCUT2D eigenvalue weighted by atomic mass is 9.96. The van der Waals surface area contributed by atoms with Crippen LogP contribution in [0.4, 0.5) is 5.13 Å². The first-order valence-electron chi connectivity index (χ1n) is 9.64. The van der Waals surface area contributed by atoms with E-state index in [1.807, 2.05) is 30.3 Å². The summed E-state index contributed by atoms with van der Waals surface area (Å²) in [6.45, 7) is 0. The van der Waals surface area contributed by atoms with Gasteiger partial charge in [-0.05, 0) is 37.1 Å². The third-order valence-corrected chi connectivity index (χ3v) is 5.99. The van der Waals surface area contributed by atoms with E-state index in [0.29, 0.717) is 6.04 Å². The fourth-order valence-electron chi connectivity index (χ4n) is 3.61. The average molecular weight is 392 g/mol. The minimum absolute atomic E-state index is 0.558. The van der Waals surface area contributed by atoms with E-state index in [0.717, 1.165) is 38.2 Å². The quantitative estimate of drug-likeness (QED) is 0.462. The van der Waals surface area contributed by atoms with E-state index in [1.165, 1.54) is 32.1 Å². The highest BCUT2D eigenvalue weighted by Crippen LogP contribution is 2.33. The highest BCUT2D eigenvalue weighted by molar-refractivity contribution is 7.22. The zero-order chi connectivity index (χ0) is 18.8.